The molecule has 102 valence electrons. The van der Waals surface area contributed by atoms with Gasteiger partial charge in [0.2, 0.25) is 0 Å². The number of rotatable bonds is 10. The first-order valence-corrected chi connectivity index (χ1v) is 7.28. The Morgan fingerprint density at radius 3 is 2.06 bits per heavy atom. The molecule has 0 rings (SSSR count). The zero-order chi connectivity index (χ0) is 13.1. The molecule has 0 aromatic heterocycles. The predicted octanol–water partition coefficient (Wildman–Crippen LogP) is 4.57. The largest absolute Gasteiger partial charge is 0.465 e. The standard InChI is InChI=1S/C15H30O2/c1-5-9-14(10-6-2)15(16)17-12-8-7-11-13(3)4/h13-14H,5-12H2,1-4H3. The first kappa shape index (κ1) is 16.5. The lowest BCUT2D eigenvalue weighted by atomic mass is 9.99. The van der Waals surface area contributed by atoms with Crippen LogP contribution in [-0.2, 0) is 9.53 Å². The second kappa shape index (κ2) is 10.6. The van der Waals surface area contributed by atoms with Gasteiger partial charge in [-0.1, -0.05) is 47.0 Å². The van der Waals surface area contributed by atoms with Crippen molar-refractivity contribution in [2.75, 3.05) is 6.61 Å². The molecule has 0 aromatic rings. The number of ether oxygens (including phenoxy) is 1. The minimum Gasteiger partial charge on any atom is -0.465 e. The third-order valence-corrected chi connectivity index (χ3v) is 3.03. The first-order valence-electron chi connectivity index (χ1n) is 7.28. The Hall–Kier alpha value is -0.530. The van der Waals surface area contributed by atoms with E-state index in [9.17, 15) is 4.79 Å². The highest BCUT2D eigenvalue weighted by molar-refractivity contribution is 5.72. The summed E-state index contributed by atoms with van der Waals surface area (Å²) in [6, 6.07) is 0. The second-order valence-corrected chi connectivity index (χ2v) is 5.33. The maximum absolute atomic E-state index is 11.8. The number of hydrogen-bond acceptors (Lipinski definition) is 2. The van der Waals surface area contributed by atoms with Gasteiger partial charge in [-0.05, 0) is 31.6 Å². The van der Waals surface area contributed by atoms with Gasteiger partial charge in [0, 0.05) is 0 Å². The van der Waals surface area contributed by atoms with E-state index in [4.69, 9.17) is 4.74 Å². The van der Waals surface area contributed by atoms with Gasteiger partial charge >= 0.3 is 5.97 Å². The van der Waals surface area contributed by atoms with Gasteiger partial charge in [0.15, 0.2) is 0 Å². The van der Waals surface area contributed by atoms with Crippen LogP contribution in [0, 0.1) is 11.8 Å². The summed E-state index contributed by atoms with van der Waals surface area (Å²) in [6.07, 6.45) is 7.47. The van der Waals surface area contributed by atoms with Crippen LogP contribution in [0.1, 0.15) is 72.6 Å². The summed E-state index contributed by atoms with van der Waals surface area (Å²) in [5.74, 6) is 0.909. The maximum atomic E-state index is 11.8. The van der Waals surface area contributed by atoms with E-state index in [-0.39, 0.29) is 11.9 Å². The highest BCUT2D eigenvalue weighted by Crippen LogP contribution is 2.15. The van der Waals surface area contributed by atoms with Crippen molar-refractivity contribution in [1.82, 2.24) is 0 Å². The van der Waals surface area contributed by atoms with Crippen molar-refractivity contribution in [1.29, 1.82) is 0 Å². The summed E-state index contributed by atoms with van der Waals surface area (Å²) < 4.78 is 5.35. The van der Waals surface area contributed by atoms with Crippen molar-refractivity contribution in [3.63, 3.8) is 0 Å². The van der Waals surface area contributed by atoms with Crippen LogP contribution < -0.4 is 0 Å². The molecule has 0 radical (unpaired) electrons. The molecule has 0 saturated heterocycles. The number of hydrogen-bond donors (Lipinski definition) is 0. The normalized spacial score (nSPS) is 11.2. The zero-order valence-electron chi connectivity index (χ0n) is 12.1. The van der Waals surface area contributed by atoms with Crippen LogP contribution in [0.5, 0.6) is 0 Å². The lowest BCUT2D eigenvalue weighted by Gasteiger charge is -2.14. The molecule has 2 heteroatoms. The Morgan fingerprint density at radius 2 is 1.59 bits per heavy atom. The molecular weight excluding hydrogens is 212 g/mol. The fraction of sp³-hybridized carbons (Fsp3) is 0.933. The molecule has 0 bridgehead atoms. The van der Waals surface area contributed by atoms with Crippen molar-refractivity contribution < 1.29 is 9.53 Å². The van der Waals surface area contributed by atoms with Crippen LogP contribution in [0.4, 0.5) is 0 Å². The Balaban J connectivity index is 3.66. The van der Waals surface area contributed by atoms with E-state index >= 15 is 0 Å². The first-order chi connectivity index (χ1) is 8.11. The Bertz CT molecular complexity index is 181. The number of unbranched alkanes of at least 4 members (excludes halogenated alkanes) is 1. The highest BCUT2D eigenvalue weighted by Gasteiger charge is 2.17. The number of carbonyl (C=O) groups is 1. The third-order valence-electron chi connectivity index (χ3n) is 3.03. The quantitative estimate of drug-likeness (QED) is 0.414. The lowest BCUT2D eigenvalue weighted by Crippen LogP contribution is -2.18. The van der Waals surface area contributed by atoms with Gasteiger partial charge < -0.3 is 4.74 Å². The summed E-state index contributed by atoms with van der Waals surface area (Å²) in [4.78, 5) is 11.8. The van der Waals surface area contributed by atoms with Gasteiger partial charge in [-0.15, -0.1) is 0 Å². The van der Waals surface area contributed by atoms with Crippen LogP contribution in [0.3, 0.4) is 0 Å². The summed E-state index contributed by atoms with van der Waals surface area (Å²) >= 11 is 0. The van der Waals surface area contributed by atoms with Crippen molar-refractivity contribution in [3.05, 3.63) is 0 Å². The van der Waals surface area contributed by atoms with Crippen LogP contribution in [0.15, 0.2) is 0 Å². The van der Waals surface area contributed by atoms with Crippen LogP contribution in [0.2, 0.25) is 0 Å². The zero-order valence-corrected chi connectivity index (χ0v) is 12.1. The fourth-order valence-electron chi connectivity index (χ4n) is 2.02. The summed E-state index contributed by atoms with van der Waals surface area (Å²) in [6.45, 7) is 9.31. The van der Waals surface area contributed by atoms with Gasteiger partial charge in [0.25, 0.3) is 0 Å². The molecule has 0 aliphatic rings. The maximum Gasteiger partial charge on any atom is 0.308 e. The Labute approximate surface area is 107 Å². The number of carbonyl (C=O) groups excluding carboxylic acids is 1. The molecule has 0 atom stereocenters. The van der Waals surface area contributed by atoms with Gasteiger partial charge in [-0.3, -0.25) is 4.79 Å². The van der Waals surface area contributed by atoms with Gasteiger partial charge in [0.05, 0.1) is 12.5 Å². The minimum atomic E-state index is 0.0262. The van der Waals surface area contributed by atoms with E-state index < -0.39 is 0 Å². The summed E-state index contributed by atoms with van der Waals surface area (Å²) in [7, 11) is 0. The van der Waals surface area contributed by atoms with Gasteiger partial charge in [-0.2, -0.15) is 0 Å². The molecule has 17 heavy (non-hydrogen) atoms. The minimum absolute atomic E-state index is 0.0262. The average Bonchev–Trinajstić information content (AvgIpc) is 2.27. The van der Waals surface area contributed by atoms with E-state index in [1.807, 2.05) is 0 Å². The number of esters is 1. The molecule has 0 unspecified atom stereocenters. The van der Waals surface area contributed by atoms with E-state index in [0.717, 1.165) is 44.4 Å². The Kier molecular flexibility index (Phi) is 10.3. The third kappa shape index (κ3) is 9.20. The van der Waals surface area contributed by atoms with E-state index in [0.29, 0.717) is 6.61 Å². The molecule has 0 aromatic carbocycles. The van der Waals surface area contributed by atoms with Crippen LogP contribution in [0.25, 0.3) is 0 Å². The van der Waals surface area contributed by atoms with E-state index in [1.165, 1.54) is 6.42 Å². The molecule has 0 amide bonds. The Morgan fingerprint density at radius 1 is 1.00 bits per heavy atom. The summed E-state index contributed by atoms with van der Waals surface area (Å²) in [5, 5.41) is 0. The van der Waals surface area contributed by atoms with Crippen LogP contribution in [-0.4, -0.2) is 12.6 Å². The molecular formula is C15H30O2. The topological polar surface area (TPSA) is 26.3 Å². The summed E-state index contributed by atoms with van der Waals surface area (Å²) in [5.41, 5.74) is 0. The van der Waals surface area contributed by atoms with E-state index in [2.05, 4.69) is 27.7 Å². The molecule has 0 N–H and O–H groups in total. The highest BCUT2D eigenvalue weighted by atomic mass is 16.5. The SMILES string of the molecule is CCCC(CCC)C(=O)OCCCCC(C)C. The van der Waals surface area contributed by atoms with Gasteiger partial charge in [0.1, 0.15) is 0 Å². The molecule has 0 aliphatic carbocycles. The second-order valence-electron chi connectivity index (χ2n) is 5.33. The molecule has 0 saturated carbocycles. The van der Waals surface area contributed by atoms with Crippen molar-refractivity contribution in [2.45, 2.75) is 72.6 Å². The molecule has 0 spiro atoms. The lowest BCUT2D eigenvalue weighted by molar-refractivity contribution is -0.149. The van der Waals surface area contributed by atoms with Crippen LogP contribution >= 0.6 is 0 Å². The predicted molar refractivity (Wildman–Crippen MR) is 73.0 cm³/mol. The molecule has 2 nitrogen and oxygen atoms in total. The van der Waals surface area contributed by atoms with E-state index in [1.54, 1.807) is 0 Å². The van der Waals surface area contributed by atoms with Gasteiger partial charge in [-0.25, -0.2) is 0 Å². The van der Waals surface area contributed by atoms with Crippen molar-refractivity contribution >= 4 is 5.97 Å². The molecule has 0 fully saturated rings. The van der Waals surface area contributed by atoms with Crippen molar-refractivity contribution in [2.24, 2.45) is 11.8 Å². The van der Waals surface area contributed by atoms with Crippen molar-refractivity contribution in [3.8, 4) is 0 Å². The smallest absolute Gasteiger partial charge is 0.308 e. The molecule has 0 aliphatic heterocycles. The molecule has 0 heterocycles. The average molecular weight is 242 g/mol. The fourth-order valence-corrected chi connectivity index (χ4v) is 2.02. The monoisotopic (exact) mass is 242 g/mol.